The Bertz CT molecular complexity index is 429. The Hall–Kier alpha value is -0.970. The zero-order valence-electron chi connectivity index (χ0n) is 11.7. The summed E-state index contributed by atoms with van der Waals surface area (Å²) in [7, 11) is 0. The van der Waals surface area contributed by atoms with E-state index in [0.29, 0.717) is 17.2 Å². The minimum Gasteiger partial charge on any atom is -0.398 e. The second kappa shape index (κ2) is 9.06. The average Bonchev–Trinajstić information content (AvgIpc) is 2.84. The molecule has 1 aromatic carbocycles. The number of carbonyl (C=O) groups excluding carboxylic acids is 1. The van der Waals surface area contributed by atoms with Gasteiger partial charge in [0.1, 0.15) is 0 Å². The van der Waals surface area contributed by atoms with Crippen LogP contribution in [0.3, 0.4) is 0 Å². The topological polar surface area (TPSA) is 58.4 Å². The van der Waals surface area contributed by atoms with Crippen LogP contribution in [0.15, 0.2) is 24.3 Å². The van der Waals surface area contributed by atoms with E-state index in [4.69, 9.17) is 5.73 Å². The zero-order valence-corrected chi connectivity index (χ0v) is 13.3. The number of para-hydroxylation sites is 1. The molecule has 1 aromatic rings. The SMILES string of the molecule is CCN1CCC(CNC(=O)c2ccccc2N)C1.Cl.Cl. The fourth-order valence-electron chi connectivity index (χ4n) is 2.40. The maximum atomic E-state index is 12.0. The molecule has 1 saturated heterocycles. The van der Waals surface area contributed by atoms with Crippen LogP contribution < -0.4 is 11.1 Å². The predicted molar refractivity (Wildman–Crippen MR) is 87.9 cm³/mol. The highest BCUT2D eigenvalue weighted by molar-refractivity contribution is 5.99. The van der Waals surface area contributed by atoms with Crippen molar-refractivity contribution in [1.82, 2.24) is 10.2 Å². The fraction of sp³-hybridized carbons (Fsp3) is 0.500. The Morgan fingerprint density at radius 3 is 2.70 bits per heavy atom. The van der Waals surface area contributed by atoms with Crippen molar-refractivity contribution >= 4 is 36.4 Å². The molecular weight excluding hydrogens is 297 g/mol. The van der Waals surface area contributed by atoms with Crippen molar-refractivity contribution in [2.24, 2.45) is 5.92 Å². The van der Waals surface area contributed by atoms with Crippen molar-refractivity contribution in [3.63, 3.8) is 0 Å². The zero-order chi connectivity index (χ0) is 13.0. The molecule has 114 valence electrons. The molecule has 2 rings (SSSR count). The predicted octanol–water partition coefficient (Wildman–Crippen LogP) is 2.18. The molecule has 20 heavy (non-hydrogen) atoms. The first-order valence-corrected chi connectivity index (χ1v) is 6.55. The highest BCUT2D eigenvalue weighted by atomic mass is 35.5. The van der Waals surface area contributed by atoms with Crippen LogP contribution in [-0.4, -0.2) is 37.0 Å². The number of benzene rings is 1. The number of rotatable bonds is 4. The third-order valence-corrected chi connectivity index (χ3v) is 3.57. The number of hydrogen-bond donors (Lipinski definition) is 2. The van der Waals surface area contributed by atoms with Crippen LogP contribution in [0.25, 0.3) is 0 Å². The van der Waals surface area contributed by atoms with Gasteiger partial charge in [-0.05, 0) is 37.6 Å². The molecule has 1 unspecified atom stereocenters. The monoisotopic (exact) mass is 319 g/mol. The summed E-state index contributed by atoms with van der Waals surface area (Å²) in [4.78, 5) is 14.4. The Morgan fingerprint density at radius 2 is 2.10 bits per heavy atom. The van der Waals surface area contributed by atoms with Crippen LogP contribution in [0, 0.1) is 5.92 Å². The van der Waals surface area contributed by atoms with E-state index in [9.17, 15) is 4.79 Å². The number of hydrogen-bond acceptors (Lipinski definition) is 3. The second-order valence-corrected chi connectivity index (χ2v) is 4.85. The summed E-state index contributed by atoms with van der Waals surface area (Å²) in [5.41, 5.74) is 6.89. The molecule has 1 heterocycles. The molecule has 0 aromatic heterocycles. The van der Waals surface area contributed by atoms with Gasteiger partial charge in [-0.25, -0.2) is 0 Å². The minimum absolute atomic E-state index is 0. The van der Waals surface area contributed by atoms with Gasteiger partial charge in [0.05, 0.1) is 5.56 Å². The molecule has 3 N–H and O–H groups in total. The molecule has 0 bridgehead atoms. The van der Waals surface area contributed by atoms with Gasteiger partial charge < -0.3 is 16.0 Å². The van der Waals surface area contributed by atoms with Gasteiger partial charge in [-0.15, -0.1) is 24.8 Å². The van der Waals surface area contributed by atoms with E-state index >= 15 is 0 Å². The summed E-state index contributed by atoms with van der Waals surface area (Å²) in [6.07, 6.45) is 1.17. The van der Waals surface area contributed by atoms with Gasteiger partial charge in [-0.3, -0.25) is 4.79 Å². The molecule has 0 spiro atoms. The van der Waals surface area contributed by atoms with E-state index in [0.717, 1.165) is 26.2 Å². The number of carbonyl (C=O) groups is 1. The first-order chi connectivity index (χ1) is 8.70. The number of nitrogens with zero attached hydrogens (tertiary/aromatic N) is 1. The van der Waals surface area contributed by atoms with Crippen LogP contribution in [-0.2, 0) is 0 Å². The van der Waals surface area contributed by atoms with Gasteiger partial charge in [-0.2, -0.15) is 0 Å². The van der Waals surface area contributed by atoms with Crippen LogP contribution in [0.2, 0.25) is 0 Å². The second-order valence-electron chi connectivity index (χ2n) is 4.85. The Morgan fingerprint density at radius 1 is 1.40 bits per heavy atom. The molecule has 1 aliphatic heterocycles. The molecule has 0 radical (unpaired) electrons. The van der Waals surface area contributed by atoms with E-state index in [2.05, 4.69) is 17.1 Å². The van der Waals surface area contributed by atoms with Crippen LogP contribution in [0.4, 0.5) is 5.69 Å². The molecule has 0 saturated carbocycles. The maximum Gasteiger partial charge on any atom is 0.253 e. The summed E-state index contributed by atoms with van der Waals surface area (Å²) in [5, 5.41) is 2.98. The number of anilines is 1. The minimum atomic E-state index is -0.0666. The van der Waals surface area contributed by atoms with Crippen molar-refractivity contribution in [2.45, 2.75) is 13.3 Å². The van der Waals surface area contributed by atoms with Crippen molar-refractivity contribution in [3.05, 3.63) is 29.8 Å². The largest absolute Gasteiger partial charge is 0.398 e. The molecular formula is C14H23Cl2N3O. The number of nitrogens with two attached hydrogens (primary N) is 1. The number of nitrogen functional groups attached to an aromatic ring is 1. The lowest BCUT2D eigenvalue weighted by atomic mass is 10.1. The smallest absolute Gasteiger partial charge is 0.253 e. The number of halogens is 2. The Kier molecular flexibility index (Phi) is 8.62. The summed E-state index contributed by atoms with van der Waals surface area (Å²) < 4.78 is 0. The third kappa shape index (κ3) is 4.85. The number of nitrogens with one attached hydrogen (secondary N) is 1. The van der Waals surface area contributed by atoms with E-state index in [-0.39, 0.29) is 30.7 Å². The normalized spacial score (nSPS) is 17.9. The van der Waals surface area contributed by atoms with Crippen molar-refractivity contribution in [3.8, 4) is 0 Å². The molecule has 1 fully saturated rings. The first kappa shape index (κ1) is 19.0. The van der Waals surface area contributed by atoms with E-state index in [1.807, 2.05) is 12.1 Å². The molecule has 1 amide bonds. The first-order valence-electron chi connectivity index (χ1n) is 6.55. The van der Waals surface area contributed by atoms with Crippen LogP contribution in [0.5, 0.6) is 0 Å². The van der Waals surface area contributed by atoms with Gasteiger partial charge in [0, 0.05) is 18.8 Å². The van der Waals surface area contributed by atoms with E-state index in [1.165, 1.54) is 6.42 Å². The van der Waals surface area contributed by atoms with Gasteiger partial charge >= 0.3 is 0 Å². The summed E-state index contributed by atoms with van der Waals surface area (Å²) in [5.74, 6) is 0.502. The average molecular weight is 320 g/mol. The van der Waals surface area contributed by atoms with Crippen LogP contribution in [0.1, 0.15) is 23.7 Å². The standard InChI is InChI=1S/C14H21N3O.2ClH/c1-2-17-8-7-11(10-17)9-16-14(18)12-5-3-4-6-13(12)15;;/h3-6,11H,2,7-10,15H2,1H3,(H,16,18);2*1H. The van der Waals surface area contributed by atoms with Gasteiger partial charge in [0.25, 0.3) is 5.91 Å². The molecule has 4 nitrogen and oxygen atoms in total. The number of amides is 1. The van der Waals surface area contributed by atoms with Crippen LogP contribution >= 0.6 is 24.8 Å². The lowest BCUT2D eigenvalue weighted by Crippen LogP contribution is -2.31. The Balaban J connectivity index is 0.00000180. The van der Waals surface area contributed by atoms with Crippen molar-refractivity contribution in [1.29, 1.82) is 0 Å². The number of likely N-dealkylation sites (tertiary alicyclic amines) is 1. The third-order valence-electron chi connectivity index (χ3n) is 3.57. The highest BCUT2D eigenvalue weighted by Gasteiger charge is 2.21. The summed E-state index contributed by atoms with van der Waals surface area (Å²) >= 11 is 0. The fourth-order valence-corrected chi connectivity index (χ4v) is 2.40. The van der Waals surface area contributed by atoms with E-state index < -0.39 is 0 Å². The van der Waals surface area contributed by atoms with Crippen molar-refractivity contribution < 1.29 is 4.79 Å². The molecule has 1 aliphatic rings. The molecule has 6 heteroatoms. The van der Waals surface area contributed by atoms with Gasteiger partial charge in [0.2, 0.25) is 0 Å². The Labute approximate surface area is 132 Å². The quantitative estimate of drug-likeness (QED) is 0.836. The van der Waals surface area contributed by atoms with Gasteiger partial charge in [0.15, 0.2) is 0 Å². The van der Waals surface area contributed by atoms with Gasteiger partial charge in [-0.1, -0.05) is 19.1 Å². The molecule has 1 atom stereocenters. The highest BCUT2D eigenvalue weighted by Crippen LogP contribution is 2.15. The maximum absolute atomic E-state index is 12.0. The summed E-state index contributed by atoms with van der Waals surface area (Å²) in [6.45, 7) is 6.23. The van der Waals surface area contributed by atoms with Crippen molar-refractivity contribution in [2.75, 3.05) is 31.9 Å². The summed E-state index contributed by atoms with van der Waals surface area (Å²) in [6, 6.07) is 7.18. The van der Waals surface area contributed by atoms with E-state index in [1.54, 1.807) is 12.1 Å². The lowest BCUT2D eigenvalue weighted by molar-refractivity contribution is 0.0948. The lowest BCUT2D eigenvalue weighted by Gasteiger charge is -2.14. The molecule has 0 aliphatic carbocycles.